The predicted octanol–water partition coefficient (Wildman–Crippen LogP) is 1.54. The van der Waals surface area contributed by atoms with Gasteiger partial charge in [0.2, 0.25) is 5.95 Å². The monoisotopic (exact) mass is 219 g/mol. The maximum absolute atomic E-state index is 10.9. The van der Waals surface area contributed by atoms with E-state index in [1.165, 1.54) is 7.11 Å². The molecular formula is C11H13N3O2. The van der Waals surface area contributed by atoms with Crippen LogP contribution in [-0.2, 0) is 9.53 Å². The Morgan fingerprint density at radius 3 is 3.06 bits per heavy atom. The highest BCUT2D eigenvalue weighted by molar-refractivity contribution is 5.77. The number of ether oxygens (including phenoxy) is 1. The average Bonchev–Trinajstić information content (AvgIpc) is 2.71. The second kappa shape index (κ2) is 4.65. The number of H-pyrrole nitrogens is 1. The highest BCUT2D eigenvalue weighted by Gasteiger charge is 2.02. The van der Waals surface area contributed by atoms with Crippen molar-refractivity contribution in [2.24, 2.45) is 0 Å². The Bertz CT molecular complexity index is 460. The number of carbonyl (C=O) groups is 1. The van der Waals surface area contributed by atoms with Gasteiger partial charge in [-0.25, -0.2) is 4.98 Å². The Labute approximate surface area is 92.8 Å². The van der Waals surface area contributed by atoms with Crippen LogP contribution in [0, 0.1) is 0 Å². The zero-order valence-corrected chi connectivity index (χ0v) is 8.99. The van der Waals surface area contributed by atoms with E-state index in [4.69, 9.17) is 0 Å². The third-order valence-corrected chi connectivity index (χ3v) is 2.24. The molecule has 1 aromatic carbocycles. The van der Waals surface area contributed by atoms with Gasteiger partial charge in [-0.2, -0.15) is 0 Å². The van der Waals surface area contributed by atoms with Crippen molar-refractivity contribution in [3.63, 3.8) is 0 Å². The van der Waals surface area contributed by atoms with Crippen LogP contribution in [0.1, 0.15) is 6.42 Å². The van der Waals surface area contributed by atoms with Crippen molar-refractivity contribution >= 4 is 23.0 Å². The maximum atomic E-state index is 10.9. The molecule has 0 bridgehead atoms. The molecule has 0 spiro atoms. The molecule has 5 heteroatoms. The molecule has 2 aromatic rings. The molecule has 1 aromatic heterocycles. The number of aromatic amines is 1. The van der Waals surface area contributed by atoms with Crippen molar-refractivity contribution in [2.45, 2.75) is 6.42 Å². The molecule has 0 saturated heterocycles. The molecule has 0 saturated carbocycles. The van der Waals surface area contributed by atoms with E-state index >= 15 is 0 Å². The number of nitrogens with zero attached hydrogens (tertiary/aromatic N) is 1. The van der Waals surface area contributed by atoms with Crippen LogP contribution in [0.5, 0.6) is 0 Å². The smallest absolute Gasteiger partial charge is 0.307 e. The lowest BCUT2D eigenvalue weighted by Gasteiger charge is -2.00. The molecular weight excluding hydrogens is 206 g/mol. The average molecular weight is 219 g/mol. The minimum atomic E-state index is -0.233. The number of carbonyl (C=O) groups excluding carboxylic acids is 1. The van der Waals surface area contributed by atoms with Crippen LogP contribution in [0.3, 0.4) is 0 Å². The van der Waals surface area contributed by atoms with E-state index < -0.39 is 0 Å². The van der Waals surface area contributed by atoms with E-state index in [2.05, 4.69) is 20.0 Å². The van der Waals surface area contributed by atoms with Gasteiger partial charge in [-0.3, -0.25) is 4.79 Å². The van der Waals surface area contributed by atoms with Gasteiger partial charge in [0.15, 0.2) is 0 Å². The first kappa shape index (κ1) is 10.5. The lowest BCUT2D eigenvalue weighted by molar-refractivity contribution is -0.140. The van der Waals surface area contributed by atoms with Crippen LogP contribution >= 0.6 is 0 Å². The zero-order valence-electron chi connectivity index (χ0n) is 8.99. The first-order valence-electron chi connectivity index (χ1n) is 5.05. The number of benzene rings is 1. The molecule has 84 valence electrons. The number of fused-ring (bicyclic) bond motifs is 1. The van der Waals surface area contributed by atoms with E-state index in [-0.39, 0.29) is 5.97 Å². The fourth-order valence-corrected chi connectivity index (χ4v) is 1.42. The Balaban J connectivity index is 1.97. The predicted molar refractivity (Wildman–Crippen MR) is 61.2 cm³/mol. The van der Waals surface area contributed by atoms with Gasteiger partial charge in [0, 0.05) is 6.54 Å². The molecule has 0 aliphatic carbocycles. The molecule has 0 aliphatic heterocycles. The Kier molecular flexibility index (Phi) is 3.05. The van der Waals surface area contributed by atoms with Gasteiger partial charge in [0.25, 0.3) is 0 Å². The number of methoxy groups -OCH3 is 1. The van der Waals surface area contributed by atoms with Gasteiger partial charge in [-0.15, -0.1) is 0 Å². The topological polar surface area (TPSA) is 67.0 Å². The molecule has 0 atom stereocenters. The van der Waals surface area contributed by atoms with Gasteiger partial charge < -0.3 is 15.0 Å². The molecule has 2 N–H and O–H groups in total. The molecule has 0 unspecified atom stereocenters. The molecule has 2 rings (SSSR count). The van der Waals surface area contributed by atoms with E-state index in [1.807, 2.05) is 24.3 Å². The number of imidazole rings is 1. The maximum Gasteiger partial charge on any atom is 0.307 e. The summed E-state index contributed by atoms with van der Waals surface area (Å²) in [4.78, 5) is 18.3. The summed E-state index contributed by atoms with van der Waals surface area (Å²) >= 11 is 0. The summed E-state index contributed by atoms with van der Waals surface area (Å²) in [7, 11) is 1.38. The first-order chi connectivity index (χ1) is 7.79. The van der Waals surface area contributed by atoms with E-state index in [9.17, 15) is 4.79 Å². The van der Waals surface area contributed by atoms with Crippen LogP contribution in [-0.4, -0.2) is 29.6 Å². The number of anilines is 1. The summed E-state index contributed by atoms with van der Waals surface area (Å²) in [6.07, 6.45) is 0.327. The van der Waals surface area contributed by atoms with Crippen LogP contribution in [0.2, 0.25) is 0 Å². The summed E-state index contributed by atoms with van der Waals surface area (Å²) in [6.45, 7) is 0.506. The third kappa shape index (κ3) is 2.31. The summed E-state index contributed by atoms with van der Waals surface area (Å²) < 4.78 is 4.54. The van der Waals surface area contributed by atoms with Gasteiger partial charge in [-0.05, 0) is 12.1 Å². The van der Waals surface area contributed by atoms with Crippen molar-refractivity contribution in [2.75, 3.05) is 19.0 Å². The molecule has 0 aliphatic rings. The standard InChI is InChI=1S/C11H13N3O2/c1-16-10(15)6-7-12-11-13-8-4-2-3-5-9(8)14-11/h2-5H,6-7H2,1H3,(H2,12,13,14). The second-order valence-corrected chi connectivity index (χ2v) is 3.36. The van der Waals surface area contributed by atoms with Crippen molar-refractivity contribution in [1.29, 1.82) is 0 Å². The molecule has 1 heterocycles. The van der Waals surface area contributed by atoms with Crippen molar-refractivity contribution < 1.29 is 9.53 Å². The molecule has 16 heavy (non-hydrogen) atoms. The van der Waals surface area contributed by atoms with Gasteiger partial charge in [0.05, 0.1) is 24.6 Å². The first-order valence-corrected chi connectivity index (χ1v) is 5.05. The lowest BCUT2D eigenvalue weighted by Crippen LogP contribution is -2.10. The number of esters is 1. The minimum Gasteiger partial charge on any atom is -0.469 e. The lowest BCUT2D eigenvalue weighted by atomic mass is 10.3. The summed E-state index contributed by atoms with van der Waals surface area (Å²) in [5, 5.41) is 3.03. The summed E-state index contributed by atoms with van der Waals surface area (Å²) in [5.74, 6) is 0.439. The van der Waals surface area contributed by atoms with E-state index in [1.54, 1.807) is 0 Å². The number of rotatable bonds is 4. The van der Waals surface area contributed by atoms with Crippen molar-refractivity contribution in [3.8, 4) is 0 Å². The van der Waals surface area contributed by atoms with Crippen LogP contribution in [0.4, 0.5) is 5.95 Å². The Morgan fingerprint density at radius 2 is 2.31 bits per heavy atom. The van der Waals surface area contributed by atoms with Crippen LogP contribution in [0.15, 0.2) is 24.3 Å². The van der Waals surface area contributed by atoms with Gasteiger partial charge in [-0.1, -0.05) is 12.1 Å². The molecule has 0 fully saturated rings. The number of hydrogen-bond donors (Lipinski definition) is 2. The normalized spacial score (nSPS) is 10.3. The summed E-state index contributed by atoms with van der Waals surface area (Å²) in [5.41, 5.74) is 1.88. The number of nitrogens with one attached hydrogen (secondary N) is 2. The van der Waals surface area contributed by atoms with Crippen LogP contribution in [0.25, 0.3) is 11.0 Å². The van der Waals surface area contributed by atoms with Gasteiger partial charge >= 0.3 is 5.97 Å². The van der Waals surface area contributed by atoms with E-state index in [0.717, 1.165) is 11.0 Å². The Morgan fingerprint density at radius 1 is 1.50 bits per heavy atom. The zero-order chi connectivity index (χ0) is 11.4. The summed E-state index contributed by atoms with van der Waals surface area (Å²) in [6, 6.07) is 7.76. The SMILES string of the molecule is COC(=O)CCNc1nc2ccccc2[nH]1. The van der Waals surface area contributed by atoms with Crippen molar-refractivity contribution in [3.05, 3.63) is 24.3 Å². The number of aromatic nitrogens is 2. The largest absolute Gasteiger partial charge is 0.469 e. The number of para-hydroxylation sites is 2. The number of hydrogen-bond acceptors (Lipinski definition) is 4. The minimum absolute atomic E-state index is 0.233. The molecule has 0 amide bonds. The quantitative estimate of drug-likeness (QED) is 0.765. The van der Waals surface area contributed by atoms with Crippen LogP contribution < -0.4 is 5.32 Å². The highest BCUT2D eigenvalue weighted by atomic mass is 16.5. The Hall–Kier alpha value is -2.04. The van der Waals surface area contributed by atoms with Crippen molar-refractivity contribution in [1.82, 2.24) is 9.97 Å². The van der Waals surface area contributed by atoms with Gasteiger partial charge in [0.1, 0.15) is 0 Å². The molecule has 5 nitrogen and oxygen atoms in total. The third-order valence-electron chi connectivity index (χ3n) is 2.24. The highest BCUT2D eigenvalue weighted by Crippen LogP contribution is 2.12. The fourth-order valence-electron chi connectivity index (χ4n) is 1.42. The fraction of sp³-hybridized carbons (Fsp3) is 0.273. The molecule has 0 radical (unpaired) electrons. The second-order valence-electron chi connectivity index (χ2n) is 3.36. The van der Waals surface area contributed by atoms with E-state index in [0.29, 0.717) is 18.9 Å².